The molecule has 0 aliphatic rings. The van der Waals surface area contributed by atoms with Crippen molar-refractivity contribution in [3.63, 3.8) is 0 Å². The highest BCUT2D eigenvalue weighted by Gasteiger charge is 2.16. The first-order valence-electron chi connectivity index (χ1n) is 5.97. The number of esters is 1. The minimum absolute atomic E-state index is 0.317. The first-order chi connectivity index (χ1) is 9.04. The van der Waals surface area contributed by atoms with E-state index in [0.29, 0.717) is 12.0 Å². The fourth-order valence-electron chi connectivity index (χ4n) is 2.18. The molecule has 0 radical (unpaired) electrons. The van der Waals surface area contributed by atoms with Gasteiger partial charge in [0.2, 0.25) is 0 Å². The lowest BCUT2D eigenvalue weighted by Gasteiger charge is -2.13. The third kappa shape index (κ3) is 2.71. The Labute approximate surface area is 121 Å². The Morgan fingerprint density at radius 3 is 2.53 bits per heavy atom. The number of carbonyl (C=O) groups excluding carboxylic acids is 1. The van der Waals surface area contributed by atoms with Crippen molar-refractivity contribution in [2.45, 2.75) is 13.3 Å². The van der Waals surface area contributed by atoms with Crippen molar-refractivity contribution >= 4 is 32.7 Å². The molecule has 2 aromatic carbocycles. The number of rotatable bonds is 3. The first-order valence-corrected chi connectivity index (χ1v) is 6.76. The molecule has 2 rings (SSSR count). The maximum atomic E-state index is 11.9. The normalized spacial score (nSPS) is 10.5. The highest BCUT2D eigenvalue weighted by atomic mass is 79.9. The van der Waals surface area contributed by atoms with Crippen LogP contribution < -0.4 is 0 Å². The van der Waals surface area contributed by atoms with Gasteiger partial charge in [-0.2, -0.15) is 0 Å². The molecule has 2 aromatic rings. The van der Waals surface area contributed by atoms with Crippen molar-refractivity contribution in [1.29, 1.82) is 0 Å². The van der Waals surface area contributed by atoms with E-state index in [4.69, 9.17) is 4.74 Å². The van der Waals surface area contributed by atoms with Gasteiger partial charge in [0, 0.05) is 4.47 Å². The van der Waals surface area contributed by atoms with E-state index in [1.807, 2.05) is 37.3 Å². The lowest BCUT2D eigenvalue weighted by atomic mass is 9.94. The van der Waals surface area contributed by atoms with Crippen LogP contribution in [0.4, 0.5) is 0 Å². The number of benzene rings is 2. The molecular formula is C16H15BrO2. The Balaban J connectivity index is 2.79. The van der Waals surface area contributed by atoms with Crippen LogP contribution in [0.3, 0.4) is 0 Å². The van der Waals surface area contributed by atoms with Crippen LogP contribution in [-0.2, 0) is 11.2 Å². The van der Waals surface area contributed by atoms with Gasteiger partial charge in [-0.25, -0.2) is 4.79 Å². The van der Waals surface area contributed by atoms with Crippen molar-refractivity contribution in [2.75, 3.05) is 7.11 Å². The van der Waals surface area contributed by atoms with Crippen LogP contribution in [0.5, 0.6) is 0 Å². The highest BCUT2D eigenvalue weighted by molar-refractivity contribution is 9.10. The van der Waals surface area contributed by atoms with Crippen molar-refractivity contribution in [3.05, 3.63) is 58.1 Å². The van der Waals surface area contributed by atoms with Crippen LogP contribution in [0.1, 0.15) is 22.8 Å². The van der Waals surface area contributed by atoms with Crippen LogP contribution in [0.15, 0.2) is 47.0 Å². The lowest BCUT2D eigenvalue weighted by Crippen LogP contribution is -2.07. The predicted octanol–water partition coefficient (Wildman–Crippen LogP) is 4.51. The molecular weight excluding hydrogens is 304 g/mol. The second-order valence-electron chi connectivity index (χ2n) is 4.56. The molecule has 0 amide bonds. The average molecular weight is 319 g/mol. The van der Waals surface area contributed by atoms with Gasteiger partial charge in [-0.3, -0.25) is 0 Å². The van der Waals surface area contributed by atoms with E-state index in [2.05, 4.69) is 22.5 Å². The molecule has 98 valence electrons. The van der Waals surface area contributed by atoms with Gasteiger partial charge in [0.25, 0.3) is 0 Å². The Morgan fingerprint density at radius 1 is 1.32 bits per heavy atom. The average Bonchev–Trinajstić information content (AvgIpc) is 2.40. The molecule has 0 bridgehead atoms. The Morgan fingerprint density at radius 2 is 1.95 bits per heavy atom. The van der Waals surface area contributed by atoms with Gasteiger partial charge in [-0.1, -0.05) is 52.3 Å². The summed E-state index contributed by atoms with van der Waals surface area (Å²) in [5.74, 6) is -0.317. The monoisotopic (exact) mass is 318 g/mol. The van der Waals surface area contributed by atoms with Gasteiger partial charge >= 0.3 is 5.97 Å². The van der Waals surface area contributed by atoms with E-state index in [-0.39, 0.29) is 5.97 Å². The summed E-state index contributed by atoms with van der Waals surface area (Å²) in [5, 5.41) is 2.15. The zero-order chi connectivity index (χ0) is 14.0. The summed E-state index contributed by atoms with van der Waals surface area (Å²) < 4.78 is 5.77. The third-order valence-electron chi connectivity index (χ3n) is 2.99. The van der Waals surface area contributed by atoms with E-state index < -0.39 is 0 Å². The molecule has 0 saturated heterocycles. The van der Waals surface area contributed by atoms with Gasteiger partial charge < -0.3 is 4.74 Å². The second kappa shape index (κ2) is 5.57. The summed E-state index contributed by atoms with van der Waals surface area (Å²) in [6.07, 6.45) is 0.665. The van der Waals surface area contributed by atoms with Gasteiger partial charge in [0.15, 0.2) is 0 Å². The summed E-state index contributed by atoms with van der Waals surface area (Å²) >= 11 is 3.52. The number of hydrogen-bond acceptors (Lipinski definition) is 2. The molecule has 0 spiro atoms. The zero-order valence-corrected chi connectivity index (χ0v) is 12.6. The van der Waals surface area contributed by atoms with E-state index >= 15 is 0 Å². The number of allylic oxidation sites excluding steroid dienone is 1. The minimum atomic E-state index is -0.317. The van der Waals surface area contributed by atoms with E-state index in [1.54, 1.807) is 0 Å². The molecule has 0 fully saturated rings. The Hall–Kier alpha value is -1.61. The smallest absolute Gasteiger partial charge is 0.338 e. The molecule has 2 nitrogen and oxygen atoms in total. The van der Waals surface area contributed by atoms with Crippen molar-refractivity contribution < 1.29 is 9.53 Å². The fourth-order valence-corrected chi connectivity index (χ4v) is 2.75. The van der Waals surface area contributed by atoms with Crippen LogP contribution >= 0.6 is 15.9 Å². The summed E-state index contributed by atoms with van der Waals surface area (Å²) in [6, 6.07) is 9.83. The quantitative estimate of drug-likeness (QED) is 0.615. The SMILES string of the molecule is C=C(C)Cc1c(C(=O)OC)cc(Br)c2ccccc12. The number of fused-ring (bicyclic) bond motifs is 1. The van der Waals surface area contributed by atoms with Gasteiger partial charge in [0.05, 0.1) is 12.7 Å². The second-order valence-corrected chi connectivity index (χ2v) is 5.41. The van der Waals surface area contributed by atoms with Gasteiger partial charge in [0.1, 0.15) is 0 Å². The molecule has 0 atom stereocenters. The maximum Gasteiger partial charge on any atom is 0.338 e. The summed E-state index contributed by atoms with van der Waals surface area (Å²) in [4.78, 5) is 11.9. The number of ether oxygens (including phenoxy) is 1. The molecule has 0 heterocycles. The summed E-state index contributed by atoms with van der Waals surface area (Å²) in [7, 11) is 1.40. The largest absolute Gasteiger partial charge is 0.465 e. The van der Waals surface area contributed by atoms with Crippen molar-refractivity contribution in [2.24, 2.45) is 0 Å². The minimum Gasteiger partial charge on any atom is -0.465 e. The Bertz CT molecular complexity index is 659. The standard InChI is InChI=1S/C16H15BrO2/c1-10(2)8-13-11-6-4-5-7-12(11)15(17)9-14(13)16(18)19-3/h4-7,9H,1,8H2,2-3H3. The molecule has 0 aliphatic carbocycles. The third-order valence-corrected chi connectivity index (χ3v) is 3.65. The topological polar surface area (TPSA) is 26.3 Å². The molecule has 3 heteroatoms. The van der Waals surface area contributed by atoms with Crippen LogP contribution in [-0.4, -0.2) is 13.1 Å². The number of hydrogen-bond donors (Lipinski definition) is 0. The molecule has 0 saturated carbocycles. The first kappa shape index (κ1) is 13.8. The van der Waals surface area contributed by atoms with E-state index in [0.717, 1.165) is 26.4 Å². The van der Waals surface area contributed by atoms with Crippen LogP contribution in [0, 0.1) is 0 Å². The molecule has 19 heavy (non-hydrogen) atoms. The number of carbonyl (C=O) groups is 1. The number of halogens is 1. The molecule has 0 N–H and O–H groups in total. The fraction of sp³-hybridized carbons (Fsp3) is 0.188. The highest BCUT2D eigenvalue weighted by Crippen LogP contribution is 2.31. The van der Waals surface area contributed by atoms with Crippen LogP contribution in [0.2, 0.25) is 0 Å². The summed E-state index contributed by atoms with van der Waals surface area (Å²) in [6.45, 7) is 5.90. The lowest BCUT2D eigenvalue weighted by molar-refractivity contribution is 0.0600. The Kier molecular flexibility index (Phi) is 4.05. The van der Waals surface area contributed by atoms with Gasteiger partial charge in [-0.15, -0.1) is 0 Å². The van der Waals surface area contributed by atoms with Crippen molar-refractivity contribution in [1.82, 2.24) is 0 Å². The van der Waals surface area contributed by atoms with E-state index in [9.17, 15) is 4.79 Å². The van der Waals surface area contributed by atoms with Crippen LogP contribution in [0.25, 0.3) is 10.8 Å². The summed E-state index contributed by atoms with van der Waals surface area (Å²) in [5.41, 5.74) is 2.58. The maximum absolute atomic E-state index is 11.9. The number of methoxy groups -OCH3 is 1. The predicted molar refractivity (Wildman–Crippen MR) is 81.5 cm³/mol. The molecule has 0 aliphatic heterocycles. The van der Waals surface area contributed by atoms with E-state index in [1.165, 1.54) is 7.11 Å². The molecule has 0 unspecified atom stereocenters. The molecule has 0 aromatic heterocycles. The van der Waals surface area contributed by atoms with Crippen molar-refractivity contribution in [3.8, 4) is 0 Å². The van der Waals surface area contributed by atoms with Gasteiger partial charge in [-0.05, 0) is 35.7 Å². The zero-order valence-electron chi connectivity index (χ0n) is 11.0.